The number of nitrogens with two attached hydrogens (primary N) is 1. The fraction of sp³-hybridized carbons (Fsp3) is 0. The number of nitrogens with zero attached hydrogens (tertiary/aromatic N) is 2. The molecule has 0 aliphatic rings. The molecule has 158 valence electrons. The van der Waals surface area contributed by atoms with Gasteiger partial charge < -0.3 is 0 Å². The van der Waals surface area contributed by atoms with Gasteiger partial charge in [0.15, 0.2) is 0 Å². The number of primary sulfonamides is 1. The van der Waals surface area contributed by atoms with Crippen molar-refractivity contribution < 1.29 is 25.3 Å². The minimum atomic E-state index is -4.04. The van der Waals surface area contributed by atoms with Gasteiger partial charge in [0, 0.05) is 18.1 Å². The predicted octanol–water partition coefficient (Wildman–Crippen LogP) is 0.726. The van der Waals surface area contributed by atoms with Gasteiger partial charge in [0.1, 0.15) is 0 Å². The normalized spacial score (nSPS) is 12.3. The predicted molar refractivity (Wildman–Crippen MR) is 108 cm³/mol. The van der Waals surface area contributed by atoms with Gasteiger partial charge in [-0.3, -0.25) is 4.72 Å². The summed E-state index contributed by atoms with van der Waals surface area (Å²) >= 11 is 0. The summed E-state index contributed by atoms with van der Waals surface area (Å²) in [4.78, 5) is 6.98. The molecule has 0 amide bonds. The van der Waals surface area contributed by atoms with Crippen LogP contribution in [0.2, 0.25) is 0 Å². The Morgan fingerprint density at radius 2 is 1.07 bits per heavy atom. The Morgan fingerprint density at radius 3 is 1.57 bits per heavy atom. The van der Waals surface area contributed by atoms with Crippen LogP contribution in [0.15, 0.2) is 81.7 Å². The molecule has 0 spiro atoms. The van der Waals surface area contributed by atoms with E-state index in [0.717, 1.165) is 24.3 Å². The van der Waals surface area contributed by atoms with Crippen molar-refractivity contribution in [2.24, 2.45) is 5.14 Å². The Bertz CT molecular complexity index is 1360. The van der Waals surface area contributed by atoms with Crippen molar-refractivity contribution in [1.82, 2.24) is 9.97 Å². The Hall–Kier alpha value is -3.07. The van der Waals surface area contributed by atoms with Crippen LogP contribution in [0.25, 0.3) is 0 Å². The average molecular weight is 470 g/mol. The van der Waals surface area contributed by atoms with Crippen LogP contribution in [0.1, 0.15) is 0 Å². The van der Waals surface area contributed by atoms with Gasteiger partial charge in [-0.05, 0) is 54.6 Å². The molecule has 0 unspecified atom stereocenters. The molecule has 1 heterocycles. The molecule has 30 heavy (non-hydrogen) atoms. The van der Waals surface area contributed by atoms with Gasteiger partial charge in [-0.15, -0.1) is 0 Å². The quantitative estimate of drug-likeness (QED) is 0.453. The van der Waals surface area contributed by atoms with Crippen molar-refractivity contribution in [2.45, 2.75) is 14.7 Å². The maximum Gasteiger partial charge on any atom is 0.264 e. The number of nitrogens with one attached hydrogen (secondary N) is 2. The Labute approximate surface area is 173 Å². The third-order valence-electron chi connectivity index (χ3n) is 3.67. The minimum absolute atomic E-state index is 0.0976. The van der Waals surface area contributed by atoms with Crippen LogP contribution in [0.4, 0.5) is 11.6 Å². The van der Waals surface area contributed by atoms with Gasteiger partial charge >= 0.3 is 0 Å². The number of rotatable bonds is 7. The Balaban J connectivity index is 1.78. The zero-order chi connectivity index (χ0) is 22.0. The molecule has 0 radical (unpaired) electrons. The molecule has 0 aliphatic heterocycles. The van der Waals surface area contributed by atoms with Gasteiger partial charge in [-0.2, -0.15) is 0 Å². The highest BCUT2D eigenvalue weighted by Gasteiger charge is 2.18. The van der Waals surface area contributed by atoms with Crippen molar-refractivity contribution in [3.63, 3.8) is 0 Å². The standard InChI is InChI=1S/C16H15N5O6S3/c17-28(22,23)13-6-8-15(9-7-13)29(24,25)20-12-2-4-14(5-3-12)30(26,27)21-16-18-10-1-11-19-16/h1-11,20H,(H2,17,22,23)(H,18,19,21). The molecule has 3 aromatic rings. The molecule has 3 rings (SSSR count). The van der Waals surface area contributed by atoms with Gasteiger partial charge in [-0.1, -0.05) is 0 Å². The first kappa shape index (κ1) is 21.6. The average Bonchev–Trinajstić information content (AvgIpc) is 2.68. The third-order valence-corrected chi connectivity index (χ3v) is 7.34. The van der Waals surface area contributed by atoms with E-state index in [4.69, 9.17) is 5.14 Å². The molecule has 11 nitrogen and oxygen atoms in total. The zero-order valence-corrected chi connectivity index (χ0v) is 17.4. The summed E-state index contributed by atoms with van der Waals surface area (Å²) in [6.45, 7) is 0. The van der Waals surface area contributed by atoms with E-state index in [-0.39, 0.29) is 26.3 Å². The topological polar surface area (TPSA) is 178 Å². The highest BCUT2D eigenvalue weighted by molar-refractivity contribution is 7.93. The van der Waals surface area contributed by atoms with Gasteiger partial charge in [0.25, 0.3) is 20.0 Å². The van der Waals surface area contributed by atoms with Crippen molar-refractivity contribution in [2.75, 3.05) is 9.44 Å². The number of benzene rings is 2. The highest BCUT2D eigenvalue weighted by Crippen LogP contribution is 2.20. The lowest BCUT2D eigenvalue weighted by Gasteiger charge is -2.10. The minimum Gasteiger partial charge on any atom is -0.280 e. The number of aromatic nitrogens is 2. The van der Waals surface area contributed by atoms with Crippen molar-refractivity contribution >= 4 is 41.7 Å². The molecule has 4 N–H and O–H groups in total. The van der Waals surface area contributed by atoms with E-state index in [2.05, 4.69) is 19.4 Å². The molecule has 0 bridgehead atoms. The highest BCUT2D eigenvalue weighted by atomic mass is 32.2. The van der Waals surface area contributed by atoms with Crippen LogP contribution in [-0.4, -0.2) is 35.2 Å². The van der Waals surface area contributed by atoms with Crippen molar-refractivity contribution in [3.8, 4) is 0 Å². The van der Waals surface area contributed by atoms with Crippen molar-refractivity contribution in [1.29, 1.82) is 0 Å². The molecule has 0 saturated heterocycles. The molecule has 1 aromatic heterocycles. The molecular formula is C16H15N5O6S3. The lowest BCUT2D eigenvalue weighted by atomic mass is 10.3. The van der Waals surface area contributed by atoms with Gasteiger partial charge in [0.05, 0.1) is 14.7 Å². The van der Waals surface area contributed by atoms with E-state index < -0.39 is 30.1 Å². The van der Waals surface area contributed by atoms with Crippen LogP contribution in [0, 0.1) is 0 Å². The SMILES string of the molecule is NS(=O)(=O)c1ccc(S(=O)(=O)Nc2ccc(S(=O)(=O)Nc3ncccn3)cc2)cc1. The molecule has 0 aliphatic carbocycles. The molecule has 0 fully saturated rings. The Morgan fingerprint density at radius 1 is 0.633 bits per heavy atom. The van der Waals surface area contributed by atoms with E-state index in [9.17, 15) is 25.3 Å². The van der Waals surface area contributed by atoms with E-state index in [1.54, 1.807) is 0 Å². The first-order chi connectivity index (χ1) is 14.0. The molecule has 2 aromatic carbocycles. The van der Waals surface area contributed by atoms with Crippen LogP contribution in [0.3, 0.4) is 0 Å². The lowest BCUT2D eigenvalue weighted by Crippen LogP contribution is -2.16. The zero-order valence-electron chi connectivity index (χ0n) is 15.0. The van der Waals surface area contributed by atoms with Crippen LogP contribution < -0.4 is 14.6 Å². The first-order valence-electron chi connectivity index (χ1n) is 8.03. The second-order valence-corrected chi connectivity index (χ2v) is 10.8. The monoisotopic (exact) mass is 469 g/mol. The van der Waals surface area contributed by atoms with E-state index in [1.165, 1.54) is 42.7 Å². The van der Waals surface area contributed by atoms with Crippen molar-refractivity contribution in [3.05, 3.63) is 67.0 Å². The fourth-order valence-electron chi connectivity index (χ4n) is 2.26. The summed E-state index contributed by atoms with van der Waals surface area (Å²) in [6.07, 6.45) is 2.75. The van der Waals surface area contributed by atoms with Gasteiger partial charge in [-0.25, -0.2) is 45.1 Å². The number of sulfonamides is 3. The summed E-state index contributed by atoms with van der Waals surface area (Å²) in [5.41, 5.74) is 0.0976. The summed E-state index contributed by atoms with van der Waals surface area (Å²) in [6, 6.07) is 10.8. The molecule has 0 saturated carbocycles. The van der Waals surface area contributed by atoms with Crippen LogP contribution in [-0.2, 0) is 30.1 Å². The second-order valence-electron chi connectivity index (χ2n) is 5.82. The number of anilines is 2. The summed E-state index contributed by atoms with van der Waals surface area (Å²) in [5, 5.41) is 4.98. The van der Waals surface area contributed by atoms with Crippen LogP contribution >= 0.6 is 0 Å². The maximum atomic E-state index is 12.4. The second kappa shape index (κ2) is 7.98. The smallest absolute Gasteiger partial charge is 0.264 e. The summed E-state index contributed by atoms with van der Waals surface area (Å²) < 4.78 is 76.6. The maximum absolute atomic E-state index is 12.4. The lowest BCUT2D eigenvalue weighted by molar-refractivity contribution is 0.595. The fourth-order valence-corrected chi connectivity index (χ4v) is 4.79. The number of hydrogen-bond acceptors (Lipinski definition) is 8. The van der Waals surface area contributed by atoms with Crippen LogP contribution in [0.5, 0.6) is 0 Å². The van der Waals surface area contributed by atoms with E-state index >= 15 is 0 Å². The molecular weight excluding hydrogens is 454 g/mol. The van der Waals surface area contributed by atoms with Gasteiger partial charge in [0.2, 0.25) is 16.0 Å². The van der Waals surface area contributed by atoms with E-state index in [0.29, 0.717) is 0 Å². The largest absolute Gasteiger partial charge is 0.280 e. The third kappa shape index (κ3) is 5.10. The summed E-state index contributed by atoms with van der Waals surface area (Å²) in [7, 11) is -12.0. The molecule has 0 atom stereocenters. The van der Waals surface area contributed by atoms with E-state index in [1.807, 2.05) is 0 Å². The Kier molecular flexibility index (Phi) is 5.76. The summed E-state index contributed by atoms with van der Waals surface area (Å²) in [5.74, 6) is -0.106. The number of hydrogen-bond donors (Lipinski definition) is 3. The first-order valence-corrected chi connectivity index (χ1v) is 12.5. The molecule has 14 heteroatoms.